The minimum Gasteiger partial charge on any atom is -0.323 e. The molecule has 0 fully saturated rings. The highest BCUT2D eigenvalue weighted by Crippen LogP contribution is 2.14. The van der Waals surface area contributed by atoms with Crippen molar-refractivity contribution in [3.8, 4) is 5.69 Å². The molecular formula is C18H23N7O. The third kappa shape index (κ3) is 3.74. The summed E-state index contributed by atoms with van der Waals surface area (Å²) in [5.41, 5.74) is 3.10. The lowest BCUT2D eigenvalue weighted by atomic mass is 10.2. The number of para-hydroxylation sites is 1. The Morgan fingerprint density at radius 2 is 2.08 bits per heavy atom. The number of benzene rings is 1. The minimum atomic E-state index is -0.262. The number of hydrogen-bond donors (Lipinski definition) is 1. The Hall–Kier alpha value is -3.16. The summed E-state index contributed by atoms with van der Waals surface area (Å²) in [6, 6.07) is 7.77. The molecule has 0 spiro atoms. The van der Waals surface area contributed by atoms with E-state index in [9.17, 15) is 4.79 Å². The average molecular weight is 353 g/mol. The van der Waals surface area contributed by atoms with Gasteiger partial charge in [0.05, 0.1) is 18.4 Å². The van der Waals surface area contributed by atoms with Crippen molar-refractivity contribution in [2.75, 3.05) is 12.4 Å². The first-order valence-electron chi connectivity index (χ1n) is 8.49. The molecule has 0 aliphatic rings. The largest absolute Gasteiger partial charge is 0.324 e. The summed E-state index contributed by atoms with van der Waals surface area (Å²) in [6.07, 6.45) is 4.46. The van der Waals surface area contributed by atoms with Crippen LogP contribution in [0.25, 0.3) is 5.69 Å². The van der Waals surface area contributed by atoms with E-state index in [0.29, 0.717) is 12.5 Å². The van der Waals surface area contributed by atoms with Gasteiger partial charge in [0.2, 0.25) is 5.95 Å². The predicted octanol–water partition coefficient (Wildman–Crippen LogP) is 2.54. The van der Waals surface area contributed by atoms with Crippen molar-refractivity contribution < 1.29 is 4.79 Å². The van der Waals surface area contributed by atoms with E-state index in [1.54, 1.807) is 22.8 Å². The zero-order valence-corrected chi connectivity index (χ0v) is 15.5. The quantitative estimate of drug-likeness (QED) is 0.764. The molecule has 26 heavy (non-hydrogen) atoms. The van der Waals surface area contributed by atoms with Crippen LogP contribution in [0.15, 0.2) is 36.7 Å². The number of nitrogens with zero attached hydrogens (tertiary/aromatic N) is 6. The number of hydrogen-bond acceptors (Lipinski definition) is 4. The molecular weight excluding hydrogens is 330 g/mol. The van der Waals surface area contributed by atoms with Crippen molar-refractivity contribution in [1.29, 1.82) is 0 Å². The van der Waals surface area contributed by atoms with Gasteiger partial charge in [-0.25, -0.2) is 9.48 Å². The molecule has 0 aliphatic heterocycles. The van der Waals surface area contributed by atoms with Crippen molar-refractivity contribution in [3.63, 3.8) is 0 Å². The van der Waals surface area contributed by atoms with Gasteiger partial charge in [-0.05, 0) is 18.6 Å². The molecule has 2 heterocycles. The van der Waals surface area contributed by atoms with Crippen LogP contribution in [0.1, 0.15) is 23.9 Å². The summed E-state index contributed by atoms with van der Waals surface area (Å²) in [5.74, 6) is 1.14. The molecule has 8 heteroatoms. The number of urea groups is 1. The van der Waals surface area contributed by atoms with Crippen LogP contribution in [-0.2, 0) is 20.0 Å². The van der Waals surface area contributed by atoms with E-state index in [4.69, 9.17) is 0 Å². The molecule has 0 saturated heterocycles. The predicted molar refractivity (Wildman–Crippen MR) is 99.2 cm³/mol. The second-order valence-corrected chi connectivity index (χ2v) is 6.19. The SMILES string of the molecule is CCc1nc(NC(=O)N(C)Cc2cnn(-c3ccccc3C)c2)nn1C. The highest BCUT2D eigenvalue weighted by molar-refractivity contribution is 5.87. The second kappa shape index (κ2) is 7.38. The van der Waals surface area contributed by atoms with Gasteiger partial charge in [0.15, 0.2) is 0 Å². The number of amides is 2. The first-order chi connectivity index (χ1) is 12.5. The smallest absolute Gasteiger partial charge is 0.323 e. The summed E-state index contributed by atoms with van der Waals surface area (Å²) >= 11 is 0. The standard InChI is InChI=1S/C18H23N7O/c1-5-16-20-17(22-24(16)4)21-18(26)23(3)11-14-10-19-25(12-14)15-9-7-6-8-13(15)2/h6-10,12H,5,11H2,1-4H3,(H,21,22,26). The molecule has 0 unspecified atom stereocenters. The van der Waals surface area contributed by atoms with Crippen LogP contribution in [0.3, 0.4) is 0 Å². The van der Waals surface area contributed by atoms with Gasteiger partial charge in [-0.15, -0.1) is 5.10 Å². The number of rotatable bonds is 5. The fourth-order valence-electron chi connectivity index (χ4n) is 2.71. The molecule has 1 aromatic carbocycles. The third-order valence-corrected chi connectivity index (χ3v) is 4.15. The fraction of sp³-hybridized carbons (Fsp3) is 0.333. The minimum absolute atomic E-state index is 0.262. The number of carbonyl (C=O) groups excluding carboxylic acids is 1. The van der Waals surface area contributed by atoms with Gasteiger partial charge in [0.1, 0.15) is 5.82 Å². The van der Waals surface area contributed by atoms with Gasteiger partial charge < -0.3 is 4.90 Å². The van der Waals surface area contributed by atoms with Crippen LogP contribution in [0.4, 0.5) is 10.7 Å². The number of nitrogens with one attached hydrogen (secondary N) is 1. The Labute approximate surface area is 152 Å². The molecule has 2 aromatic heterocycles. The Kier molecular flexibility index (Phi) is 5.01. The van der Waals surface area contributed by atoms with Crippen molar-refractivity contribution in [2.45, 2.75) is 26.8 Å². The van der Waals surface area contributed by atoms with Gasteiger partial charge in [-0.3, -0.25) is 10.00 Å². The summed E-state index contributed by atoms with van der Waals surface area (Å²) in [6.45, 7) is 4.47. The molecule has 0 aliphatic carbocycles. The van der Waals surface area contributed by atoms with E-state index >= 15 is 0 Å². The lowest BCUT2D eigenvalue weighted by Gasteiger charge is -2.15. The monoisotopic (exact) mass is 353 g/mol. The zero-order valence-electron chi connectivity index (χ0n) is 15.5. The Bertz CT molecular complexity index is 912. The molecule has 3 aromatic rings. The number of carbonyl (C=O) groups is 1. The molecule has 3 rings (SSSR count). The molecule has 136 valence electrons. The van der Waals surface area contributed by atoms with Crippen LogP contribution >= 0.6 is 0 Å². The lowest BCUT2D eigenvalue weighted by Crippen LogP contribution is -2.31. The lowest BCUT2D eigenvalue weighted by molar-refractivity contribution is 0.220. The Morgan fingerprint density at radius 3 is 2.77 bits per heavy atom. The first-order valence-corrected chi connectivity index (χ1v) is 8.49. The summed E-state index contributed by atoms with van der Waals surface area (Å²) in [7, 11) is 3.54. The number of aromatic nitrogens is 5. The molecule has 8 nitrogen and oxygen atoms in total. The highest BCUT2D eigenvalue weighted by atomic mass is 16.2. The topological polar surface area (TPSA) is 80.9 Å². The van der Waals surface area contributed by atoms with Gasteiger partial charge >= 0.3 is 6.03 Å². The van der Waals surface area contributed by atoms with Gasteiger partial charge in [-0.2, -0.15) is 10.1 Å². The molecule has 0 bridgehead atoms. The molecule has 0 saturated carbocycles. The highest BCUT2D eigenvalue weighted by Gasteiger charge is 2.14. The summed E-state index contributed by atoms with van der Waals surface area (Å²) in [5, 5.41) is 11.3. The van der Waals surface area contributed by atoms with E-state index in [-0.39, 0.29) is 6.03 Å². The number of anilines is 1. The van der Waals surface area contributed by atoms with Crippen molar-refractivity contribution in [3.05, 3.63) is 53.6 Å². The van der Waals surface area contributed by atoms with Crippen molar-refractivity contribution in [2.24, 2.45) is 7.05 Å². The van der Waals surface area contributed by atoms with Crippen molar-refractivity contribution >= 4 is 12.0 Å². The summed E-state index contributed by atoms with van der Waals surface area (Å²) in [4.78, 5) is 18.2. The second-order valence-electron chi connectivity index (χ2n) is 6.19. The zero-order chi connectivity index (χ0) is 18.7. The summed E-state index contributed by atoms with van der Waals surface area (Å²) < 4.78 is 3.49. The maximum absolute atomic E-state index is 12.4. The molecule has 0 radical (unpaired) electrons. The van der Waals surface area contributed by atoms with E-state index < -0.39 is 0 Å². The van der Waals surface area contributed by atoms with Crippen LogP contribution in [0.5, 0.6) is 0 Å². The van der Waals surface area contributed by atoms with E-state index in [1.807, 2.05) is 56.0 Å². The average Bonchev–Trinajstić information content (AvgIpc) is 3.21. The van der Waals surface area contributed by atoms with Gasteiger partial charge in [-0.1, -0.05) is 25.1 Å². The fourth-order valence-corrected chi connectivity index (χ4v) is 2.71. The van der Waals surface area contributed by atoms with Crippen LogP contribution in [0.2, 0.25) is 0 Å². The Morgan fingerprint density at radius 1 is 1.31 bits per heavy atom. The van der Waals surface area contributed by atoms with Gasteiger partial charge in [0.25, 0.3) is 0 Å². The third-order valence-electron chi connectivity index (χ3n) is 4.15. The molecule has 0 atom stereocenters. The normalized spacial score (nSPS) is 10.8. The van der Waals surface area contributed by atoms with Crippen LogP contribution in [-0.4, -0.2) is 42.5 Å². The van der Waals surface area contributed by atoms with Gasteiger partial charge in [0, 0.05) is 32.3 Å². The maximum atomic E-state index is 12.4. The molecule has 2 amide bonds. The van der Waals surface area contributed by atoms with Crippen LogP contribution < -0.4 is 5.32 Å². The van der Waals surface area contributed by atoms with E-state index in [2.05, 4.69) is 20.5 Å². The van der Waals surface area contributed by atoms with E-state index in [0.717, 1.165) is 29.1 Å². The maximum Gasteiger partial charge on any atom is 0.324 e. The van der Waals surface area contributed by atoms with E-state index in [1.165, 1.54) is 0 Å². The molecule has 1 N–H and O–H groups in total. The van der Waals surface area contributed by atoms with Crippen molar-refractivity contribution in [1.82, 2.24) is 29.4 Å². The number of aryl methyl sites for hydroxylation is 3. The first kappa shape index (κ1) is 17.7. The van der Waals surface area contributed by atoms with Crippen LogP contribution in [0, 0.1) is 6.92 Å². The Balaban J connectivity index is 1.65.